The molecule has 1 N–H and O–H groups in total. The first-order chi connectivity index (χ1) is 6.58. The second-order valence-corrected chi connectivity index (χ2v) is 5.09. The lowest BCUT2D eigenvalue weighted by Crippen LogP contribution is -2.38. The van der Waals surface area contributed by atoms with Crippen molar-refractivity contribution < 1.29 is 9.47 Å². The summed E-state index contributed by atoms with van der Waals surface area (Å²) in [5, 5.41) is 3.38. The normalized spacial score (nSPS) is 18.2. The summed E-state index contributed by atoms with van der Waals surface area (Å²) >= 11 is 0. The fourth-order valence-electron chi connectivity index (χ4n) is 1.20. The third-order valence-electron chi connectivity index (χ3n) is 2.29. The van der Waals surface area contributed by atoms with E-state index in [-0.39, 0.29) is 0 Å². The van der Waals surface area contributed by atoms with Crippen LogP contribution in [0.5, 0.6) is 0 Å². The van der Waals surface area contributed by atoms with E-state index in [1.54, 1.807) is 0 Å². The molecule has 0 atom stereocenters. The Balaban J connectivity index is 1.80. The topological polar surface area (TPSA) is 30.5 Å². The molecule has 84 valence electrons. The summed E-state index contributed by atoms with van der Waals surface area (Å²) in [5.41, 5.74) is 0.426. The second-order valence-electron chi connectivity index (χ2n) is 5.09. The van der Waals surface area contributed by atoms with Gasteiger partial charge in [-0.15, -0.1) is 0 Å². The third kappa shape index (κ3) is 5.58. The number of ether oxygens (including phenoxy) is 2. The van der Waals surface area contributed by atoms with Crippen LogP contribution in [-0.4, -0.2) is 39.0 Å². The molecule has 1 heterocycles. The van der Waals surface area contributed by atoms with Gasteiger partial charge in [-0.25, -0.2) is 0 Å². The van der Waals surface area contributed by atoms with E-state index in [4.69, 9.17) is 9.47 Å². The highest BCUT2D eigenvalue weighted by Gasteiger charge is 2.17. The molecule has 0 saturated carbocycles. The Kier molecular flexibility index (Phi) is 4.85. The molecule has 3 nitrogen and oxygen atoms in total. The average molecular weight is 201 g/mol. The van der Waals surface area contributed by atoms with Crippen molar-refractivity contribution in [1.29, 1.82) is 0 Å². The zero-order valence-electron chi connectivity index (χ0n) is 9.64. The molecule has 0 spiro atoms. The molecule has 0 aliphatic carbocycles. The van der Waals surface area contributed by atoms with Gasteiger partial charge in [0.2, 0.25) is 0 Å². The second kappa shape index (κ2) is 5.69. The summed E-state index contributed by atoms with van der Waals surface area (Å²) in [4.78, 5) is 0. The van der Waals surface area contributed by atoms with Gasteiger partial charge in [0, 0.05) is 6.54 Å². The fraction of sp³-hybridized carbons (Fsp3) is 1.00. The number of hydrogen-bond donors (Lipinski definition) is 1. The van der Waals surface area contributed by atoms with Crippen molar-refractivity contribution in [3.05, 3.63) is 0 Å². The molecule has 1 aliphatic rings. The molecular formula is C11H23NO2. The minimum absolute atomic E-state index is 0.361. The van der Waals surface area contributed by atoms with Gasteiger partial charge < -0.3 is 14.8 Å². The first kappa shape index (κ1) is 12.0. The van der Waals surface area contributed by atoms with Crippen LogP contribution < -0.4 is 5.32 Å². The lowest BCUT2D eigenvalue weighted by Gasteiger charge is -2.26. The first-order valence-corrected chi connectivity index (χ1v) is 5.48. The lowest BCUT2D eigenvalue weighted by atomic mass is 9.92. The molecule has 3 heteroatoms. The van der Waals surface area contributed by atoms with Crippen LogP contribution in [0.1, 0.15) is 27.2 Å². The largest absolute Gasteiger partial charge is 0.376 e. The molecule has 0 bridgehead atoms. The lowest BCUT2D eigenvalue weighted by molar-refractivity contribution is -0.128. The third-order valence-corrected chi connectivity index (χ3v) is 2.29. The van der Waals surface area contributed by atoms with Crippen molar-refractivity contribution >= 4 is 0 Å². The van der Waals surface area contributed by atoms with Crippen molar-refractivity contribution in [3.8, 4) is 0 Å². The molecule has 0 amide bonds. The predicted molar refractivity (Wildman–Crippen MR) is 57.5 cm³/mol. The van der Waals surface area contributed by atoms with E-state index in [1.165, 1.54) is 6.42 Å². The Labute approximate surface area is 87.2 Å². The maximum absolute atomic E-state index is 5.52. The Bertz CT molecular complexity index is 150. The van der Waals surface area contributed by atoms with Crippen LogP contribution in [0, 0.1) is 5.41 Å². The van der Waals surface area contributed by atoms with E-state index in [0.717, 1.165) is 32.9 Å². The van der Waals surface area contributed by atoms with Gasteiger partial charge in [0.05, 0.1) is 19.8 Å². The monoisotopic (exact) mass is 201 g/mol. The van der Waals surface area contributed by atoms with E-state index in [2.05, 4.69) is 26.1 Å². The van der Waals surface area contributed by atoms with Gasteiger partial charge >= 0.3 is 0 Å². The average Bonchev–Trinajstić information content (AvgIpc) is 1.97. The van der Waals surface area contributed by atoms with Crippen molar-refractivity contribution in [2.75, 3.05) is 32.9 Å². The molecule has 0 unspecified atom stereocenters. The van der Waals surface area contributed by atoms with Crippen LogP contribution in [0.15, 0.2) is 0 Å². The zero-order chi connectivity index (χ0) is 10.4. The summed E-state index contributed by atoms with van der Waals surface area (Å²) < 4.78 is 10.5. The van der Waals surface area contributed by atoms with Crippen LogP contribution in [0.3, 0.4) is 0 Å². The SMILES string of the molecule is CC(C)(C)CCNCCOC1COC1. The highest BCUT2D eigenvalue weighted by atomic mass is 16.6. The molecule has 0 radical (unpaired) electrons. The number of hydrogen-bond acceptors (Lipinski definition) is 3. The minimum Gasteiger partial charge on any atom is -0.376 e. The van der Waals surface area contributed by atoms with Crippen LogP contribution >= 0.6 is 0 Å². The maximum atomic E-state index is 5.52. The summed E-state index contributed by atoms with van der Waals surface area (Å²) in [5.74, 6) is 0. The van der Waals surface area contributed by atoms with Gasteiger partial charge in [0.1, 0.15) is 6.10 Å². The predicted octanol–water partition coefficient (Wildman–Crippen LogP) is 1.43. The van der Waals surface area contributed by atoms with E-state index in [1.807, 2.05) is 0 Å². The Morgan fingerprint density at radius 2 is 2.00 bits per heavy atom. The standard InChI is InChI=1S/C11H23NO2/c1-11(2,3)4-5-12-6-7-14-10-8-13-9-10/h10,12H,4-9H2,1-3H3. The van der Waals surface area contributed by atoms with E-state index in [9.17, 15) is 0 Å². The Hall–Kier alpha value is -0.120. The van der Waals surface area contributed by atoms with Gasteiger partial charge in [-0.2, -0.15) is 0 Å². The molecule has 0 aromatic heterocycles. The van der Waals surface area contributed by atoms with Crippen LogP contribution in [-0.2, 0) is 9.47 Å². The minimum atomic E-state index is 0.361. The first-order valence-electron chi connectivity index (χ1n) is 5.48. The summed E-state index contributed by atoms with van der Waals surface area (Å²) in [7, 11) is 0. The Morgan fingerprint density at radius 3 is 2.50 bits per heavy atom. The summed E-state index contributed by atoms with van der Waals surface area (Å²) in [6, 6.07) is 0. The van der Waals surface area contributed by atoms with Crippen molar-refractivity contribution in [2.45, 2.75) is 33.3 Å². The maximum Gasteiger partial charge on any atom is 0.104 e. The molecule has 0 aromatic carbocycles. The summed E-state index contributed by atoms with van der Waals surface area (Å²) in [6.07, 6.45) is 1.57. The van der Waals surface area contributed by atoms with Gasteiger partial charge in [0.25, 0.3) is 0 Å². The van der Waals surface area contributed by atoms with Gasteiger partial charge in [0.15, 0.2) is 0 Å². The highest BCUT2D eigenvalue weighted by Crippen LogP contribution is 2.16. The molecule has 14 heavy (non-hydrogen) atoms. The van der Waals surface area contributed by atoms with Crippen molar-refractivity contribution in [3.63, 3.8) is 0 Å². The van der Waals surface area contributed by atoms with Crippen LogP contribution in [0.25, 0.3) is 0 Å². The quantitative estimate of drug-likeness (QED) is 0.659. The molecular weight excluding hydrogens is 178 g/mol. The molecule has 1 rings (SSSR count). The van der Waals surface area contributed by atoms with E-state index < -0.39 is 0 Å². The molecule has 0 aromatic rings. The molecule has 1 fully saturated rings. The molecule has 1 aliphatic heterocycles. The van der Waals surface area contributed by atoms with Crippen molar-refractivity contribution in [2.24, 2.45) is 5.41 Å². The van der Waals surface area contributed by atoms with Crippen LogP contribution in [0.2, 0.25) is 0 Å². The van der Waals surface area contributed by atoms with Crippen molar-refractivity contribution in [1.82, 2.24) is 5.32 Å². The van der Waals surface area contributed by atoms with Crippen LogP contribution in [0.4, 0.5) is 0 Å². The molecule has 1 saturated heterocycles. The highest BCUT2D eigenvalue weighted by molar-refractivity contribution is 4.65. The number of nitrogens with one attached hydrogen (secondary N) is 1. The van der Waals surface area contributed by atoms with E-state index in [0.29, 0.717) is 11.5 Å². The van der Waals surface area contributed by atoms with Gasteiger partial charge in [-0.05, 0) is 18.4 Å². The smallest absolute Gasteiger partial charge is 0.104 e. The van der Waals surface area contributed by atoms with Gasteiger partial charge in [-0.1, -0.05) is 20.8 Å². The summed E-state index contributed by atoms with van der Waals surface area (Å²) in [6.45, 7) is 11.2. The van der Waals surface area contributed by atoms with Gasteiger partial charge in [-0.3, -0.25) is 0 Å². The zero-order valence-corrected chi connectivity index (χ0v) is 9.64. The fourth-order valence-corrected chi connectivity index (χ4v) is 1.20. The van der Waals surface area contributed by atoms with E-state index >= 15 is 0 Å². The Morgan fingerprint density at radius 1 is 1.29 bits per heavy atom. The number of rotatable bonds is 6.